The highest BCUT2D eigenvalue weighted by Gasteiger charge is 2.48. The molecule has 27 heavy (non-hydrogen) atoms. The first kappa shape index (κ1) is 16.2. The van der Waals surface area contributed by atoms with Crippen LogP contribution in [0, 0.1) is 36.5 Å². The highest BCUT2D eigenvalue weighted by molar-refractivity contribution is 5.80. The molecule has 0 saturated heterocycles. The SMILES string of the molecule is Cc1ccc(-c2cccc3c2C=C(CC2C4CC5CC(C4)CC2C5)C3)cc1. The summed E-state index contributed by atoms with van der Waals surface area (Å²) in [7, 11) is 0. The van der Waals surface area contributed by atoms with Crippen molar-refractivity contribution < 1.29 is 0 Å². The fraction of sp³-hybridized carbons (Fsp3) is 0.481. The highest BCUT2D eigenvalue weighted by Crippen LogP contribution is 2.58. The van der Waals surface area contributed by atoms with Crippen molar-refractivity contribution >= 4 is 6.08 Å². The third kappa shape index (κ3) is 2.72. The van der Waals surface area contributed by atoms with E-state index < -0.39 is 0 Å². The maximum Gasteiger partial charge on any atom is -0.00575 e. The van der Waals surface area contributed by atoms with Crippen molar-refractivity contribution in [3.8, 4) is 11.1 Å². The summed E-state index contributed by atoms with van der Waals surface area (Å²) in [5, 5.41) is 0. The molecule has 5 aliphatic rings. The first-order chi connectivity index (χ1) is 13.2. The minimum atomic E-state index is 0.987. The van der Waals surface area contributed by atoms with Crippen LogP contribution >= 0.6 is 0 Å². The van der Waals surface area contributed by atoms with E-state index in [2.05, 4.69) is 55.5 Å². The lowest BCUT2D eigenvalue weighted by Crippen LogP contribution is -2.45. The zero-order chi connectivity index (χ0) is 18.0. The molecule has 0 heterocycles. The predicted molar refractivity (Wildman–Crippen MR) is 113 cm³/mol. The van der Waals surface area contributed by atoms with Gasteiger partial charge in [-0.15, -0.1) is 0 Å². The van der Waals surface area contributed by atoms with Crippen LogP contribution in [-0.2, 0) is 6.42 Å². The van der Waals surface area contributed by atoms with Gasteiger partial charge in [0, 0.05) is 0 Å². The molecular formula is C27H30. The average molecular weight is 355 g/mol. The molecule has 0 aliphatic heterocycles. The van der Waals surface area contributed by atoms with Crippen LogP contribution in [0.2, 0.25) is 0 Å². The number of fused-ring (bicyclic) bond motifs is 1. The molecule has 0 atom stereocenters. The van der Waals surface area contributed by atoms with Crippen LogP contribution in [0.4, 0.5) is 0 Å². The lowest BCUT2D eigenvalue weighted by Gasteiger charge is -2.54. The van der Waals surface area contributed by atoms with Crippen molar-refractivity contribution in [2.24, 2.45) is 29.6 Å². The number of hydrogen-bond donors (Lipinski definition) is 0. The van der Waals surface area contributed by atoms with Crippen LogP contribution in [0.3, 0.4) is 0 Å². The molecule has 4 saturated carbocycles. The summed E-state index contributed by atoms with van der Waals surface area (Å²) in [4.78, 5) is 0. The number of rotatable bonds is 3. The molecule has 7 rings (SSSR count). The Balaban J connectivity index is 1.28. The molecule has 4 bridgehead atoms. The van der Waals surface area contributed by atoms with Crippen LogP contribution in [0.15, 0.2) is 48.0 Å². The van der Waals surface area contributed by atoms with E-state index in [4.69, 9.17) is 0 Å². The number of allylic oxidation sites excluding steroid dienone is 1. The quantitative estimate of drug-likeness (QED) is 0.553. The fourth-order valence-corrected chi connectivity index (χ4v) is 7.23. The summed E-state index contributed by atoms with van der Waals surface area (Å²) in [5.74, 6) is 5.25. The second-order valence-electron chi connectivity index (χ2n) is 10.0. The van der Waals surface area contributed by atoms with Crippen LogP contribution in [0.1, 0.15) is 55.2 Å². The summed E-state index contributed by atoms with van der Waals surface area (Å²) < 4.78 is 0. The van der Waals surface area contributed by atoms with E-state index in [-0.39, 0.29) is 0 Å². The van der Waals surface area contributed by atoms with E-state index >= 15 is 0 Å². The van der Waals surface area contributed by atoms with E-state index in [9.17, 15) is 0 Å². The van der Waals surface area contributed by atoms with Crippen molar-refractivity contribution in [3.63, 3.8) is 0 Å². The van der Waals surface area contributed by atoms with Crippen molar-refractivity contribution in [1.82, 2.24) is 0 Å². The summed E-state index contributed by atoms with van der Waals surface area (Å²) in [5.41, 5.74) is 8.88. The highest BCUT2D eigenvalue weighted by atomic mass is 14.5. The van der Waals surface area contributed by atoms with Gasteiger partial charge in [0.05, 0.1) is 0 Å². The molecule has 0 N–H and O–H groups in total. The Bertz CT molecular complexity index is 870. The van der Waals surface area contributed by atoms with Gasteiger partial charge in [0.15, 0.2) is 0 Å². The van der Waals surface area contributed by atoms with Gasteiger partial charge in [-0.3, -0.25) is 0 Å². The van der Waals surface area contributed by atoms with E-state index in [1.807, 2.05) is 0 Å². The minimum Gasteiger partial charge on any atom is -0.0649 e. The van der Waals surface area contributed by atoms with E-state index in [0.717, 1.165) is 29.6 Å². The summed E-state index contributed by atoms with van der Waals surface area (Å²) in [6, 6.07) is 16.0. The molecular weight excluding hydrogens is 324 g/mol. The van der Waals surface area contributed by atoms with Crippen molar-refractivity contribution in [2.45, 2.75) is 51.9 Å². The Morgan fingerprint density at radius 1 is 0.815 bits per heavy atom. The van der Waals surface area contributed by atoms with Crippen LogP contribution in [-0.4, -0.2) is 0 Å². The molecule has 0 spiro atoms. The molecule has 0 amide bonds. The van der Waals surface area contributed by atoms with E-state index in [0.29, 0.717) is 0 Å². The maximum absolute atomic E-state index is 2.57. The molecule has 2 aromatic carbocycles. The molecule has 4 fully saturated rings. The predicted octanol–water partition coefficient (Wildman–Crippen LogP) is 7.06. The van der Waals surface area contributed by atoms with Gasteiger partial charge in [-0.25, -0.2) is 0 Å². The molecule has 0 unspecified atom stereocenters. The molecule has 0 aromatic heterocycles. The van der Waals surface area contributed by atoms with Crippen LogP contribution in [0.25, 0.3) is 17.2 Å². The normalized spacial score (nSPS) is 33.2. The van der Waals surface area contributed by atoms with Gasteiger partial charge in [0.25, 0.3) is 0 Å². The number of hydrogen-bond acceptors (Lipinski definition) is 0. The van der Waals surface area contributed by atoms with Gasteiger partial charge >= 0.3 is 0 Å². The standard InChI is InChI=1S/C27H30/c1-17-5-7-21(8-6-17)25-4-2-3-22-10-20(16-27(22)25)15-26-23-11-18-9-19(13-23)14-24(26)12-18/h2-8,16,18-19,23-24,26H,9-15H2,1H3. The molecule has 0 heteroatoms. The minimum absolute atomic E-state index is 0.987. The maximum atomic E-state index is 2.57. The van der Waals surface area contributed by atoms with E-state index in [1.165, 1.54) is 35.1 Å². The van der Waals surface area contributed by atoms with Crippen molar-refractivity contribution in [3.05, 3.63) is 64.7 Å². The summed E-state index contributed by atoms with van der Waals surface area (Å²) in [6.07, 6.45) is 12.9. The Morgan fingerprint density at radius 2 is 1.52 bits per heavy atom. The van der Waals surface area contributed by atoms with Gasteiger partial charge in [-0.2, -0.15) is 0 Å². The number of benzene rings is 2. The summed E-state index contributed by atoms with van der Waals surface area (Å²) in [6.45, 7) is 2.17. The smallest absolute Gasteiger partial charge is 0.00575 e. The molecule has 2 aromatic rings. The Morgan fingerprint density at radius 3 is 2.22 bits per heavy atom. The zero-order valence-electron chi connectivity index (χ0n) is 16.5. The van der Waals surface area contributed by atoms with Gasteiger partial charge < -0.3 is 0 Å². The average Bonchev–Trinajstić information content (AvgIpc) is 3.07. The topological polar surface area (TPSA) is 0 Å². The Hall–Kier alpha value is -1.82. The Kier molecular flexibility index (Phi) is 3.65. The molecule has 5 aliphatic carbocycles. The second-order valence-corrected chi connectivity index (χ2v) is 10.0. The third-order valence-electron chi connectivity index (χ3n) is 8.24. The van der Waals surface area contributed by atoms with Gasteiger partial charge in [-0.05, 0) is 104 Å². The zero-order valence-corrected chi connectivity index (χ0v) is 16.5. The van der Waals surface area contributed by atoms with Gasteiger partial charge in [0.1, 0.15) is 0 Å². The molecule has 0 radical (unpaired) electrons. The van der Waals surface area contributed by atoms with E-state index in [1.54, 1.807) is 43.2 Å². The first-order valence-electron chi connectivity index (χ1n) is 11.1. The Labute approximate surface area is 163 Å². The largest absolute Gasteiger partial charge is 0.0649 e. The van der Waals surface area contributed by atoms with Crippen molar-refractivity contribution in [2.75, 3.05) is 0 Å². The van der Waals surface area contributed by atoms with Gasteiger partial charge in [0.2, 0.25) is 0 Å². The summed E-state index contributed by atoms with van der Waals surface area (Å²) >= 11 is 0. The van der Waals surface area contributed by atoms with Crippen LogP contribution in [0.5, 0.6) is 0 Å². The second kappa shape index (κ2) is 6.09. The monoisotopic (exact) mass is 354 g/mol. The molecule has 138 valence electrons. The van der Waals surface area contributed by atoms with Crippen molar-refractivity contribution in [1.29, 1.82) is 0 Å². The lowest BCUT2D eigenvalue weighted by atomic mass is 9.51. The first-order valence-corrected chi connectivity index (χ1v) is 11.1. The molecule has 0 nitrogen and oxygen atoms in total. The number of aryl methyl sites for hydroxylation is 1. The van der Waals surface area contributed by atoms with Crippen LogP contribution < -0.4 is 0 Å². The fourth-order valence-electron chi connectivity index (χ4n) is 7.23. The van der Waals surface area contributed by atoms with Gasteiger partial charge in [-0.1, -0.05) is 59.7 Å². The third-order valence-corrected chi connectivity index (χ3v) is 8.24. The lowest BCUT2D eigenvalue weighted by molar-refractivity contribution is -0.0360.